The van der Waals surface area contributed by atoms with Gasteiger partial charge in [-0.05, 0) is 26.3 Å². The van der Waals surface area contributed by atoms with E-state index in [1.165, 1.54) is 28.0 Å². The quantitative estimate of drug-likeness (QED) is 0.822. The van der Waals surface area contributed by atoms with Gasteiger partial charge in [0.25, 0.3) is 0 Å². The highest BCUT2D eigenvalue weighted by Gasteiger charge is 2.31. The zero-order chi connectivity index (χ0) is 15.6. The summed E-state index contributed by atoms with van der Waals surface area (Å²) in [7, 11) is 0. The van der Waals surface area contributed by atoms with Crippen molar-refractivity contribution in [3.63, 3.8) is 0 Å². The normalized spacial score (nSPS) is 17.5. The summed E-state index contributed by atoms with van der Waals surface area (Å²) in [5.74, 6) is -0.487. The average molecular weight is 311 g/mol. The third kappa shape index (κ3) is 3.44. The van der Waals surface area contributed by atoms with Crippen molar-refractivity contribution in [2.24, 2.45) is 0 Å². The van der Waals surface area contributed by atoms with Crippen LogP contribution in [0.2, 0.25) is 0 Å². The Morgan fingerprint density at radius 3 is 2.71 bits per heavy atom. The molecular formula is C15H23N2O3S+. The van der Waals surface area contributed by atoms with Crippen molar-refractivity contribution < 1.29 is 19.2 Å². The molecule has 0 aliphatic carbocycles. The number of rotatable bonds is 4. The number of hydrogen-bond acceptors (Lipinski definition) is 4. The summed E-state index contributed by atoms with van der Waals surface area (Å²) >= 11 is 1.51. The molecule has 2 rings (SSSR count). The van der Waals surface area contributed by atoms with E-state index in [1.54, 1.807) is 6.92 Å². The van der Waals surface area contributed by atoms with Gasteiger partial charge in [0.2, 0.25) is 5.91 Å². The summed E-state index contributed by atoms with van der Waals surface area (Å²) in [6.45, 7) is 9.91. The molecule has 1 amide bonds. The van der Waals surface area contributed by atoms with Crippen molar-refractivity contribution in [2.75, 3.05) is 18.5 Å². The first-order chi connectivity index (χ1) is 9.93. The van der Waals surface area contributed by atoms with Crippen molar-refractivity contribution in [2.45, 2.75) is 46.7 Å². The fraction of sp³-hybridized carbons (Fsp3) is 0.600. The zero-order valence-corrected chi connectivity index (χ0v) is 13.9. The van der Waals surface area contributed by atoms with Gasteiger partial charge in [-0.15, -0.1) is 11.3 Å². The molecule has 1 aliphatic rings. The SMILES string of the molecule is CCOC(=O)c1c(NC(C)=O)sc2c1CC[NH+](C(C)C)C2. The van der Waals surface area contributed by atoms with E-state index >= 15 is 0 Å². The van der Waals surface area contributed by atoms with Crippen LogP contribution in [0.1, 0.15) is 48.5 Å². The van der Waals surface area contributed by atoms with Crippen LogP contribution in [0.3, 0.4) is 0 Å². The smallest absolute Gasteiger partial charge is 0.341 e. The second-order valence-corrected chi connectivity index (χ2v) is 6.70. The number of quaternary nitrogens is 1. The fourth-order valence-electron chi connectivity index (χ4n) is 2.66. The van der Waals surface area contributed by atoms with Gasteiger partial charge in [0.1, 0.15) is 11.5 Å². The van der Waals surface area contributed by atoms with Gasteiger partial charge in [0.15, 0.2) is 0 Å². The summed E-state index contributed by atoms with van der Waals surface area (Å²) in [6, 6.07) is 0.551. The molecule has 0 saturated heterocycles. The number of amides is 1. The maximum absolute atomic E-state index is 12.2. The molecule has 0 aromatic carbocycles. The third-order valence-electron chi connectivity index (χ3n) is 3.76. The minimum atomic E-state index is -0.327. The summed E-state index contributed by atoms with van der Waals surface area (Å²) in [4.78, 5) is 26.3. The third-order valence-corrected chi connectivity index (χ3v) is 4.91. The molecular weight excluding hydrogens is 288 g/mol. The van der Waals surface area contributed by atoms with Crippen LogP contribution in [-0.2, 0) is 22.5 Å². The maximum Gasteiger partial charge on any atom is 0.341 e. The molecule has 1 aromatic rings. The molecule has 1 unspecified atom stereocenters. The van der Waals surface area contributed by atoms with Gasteiger partial charge in [0, 0.05) is 13.3 Å². The Kier molecular flexibility index (Phi) is 5.00. The Morgan fingerprint density at radius 1 is 1.43 bits per heavy atom. The van der Waals surface area contributed by atoms with Crippen LogP contribution < -0.4 is 10.2 Å². The van der Waals surface area contributed by atoms with E-state index in [4.69, 9.17) is 4.74 Å². The second kappa shape index (κ2) is 6.58. The van der Waals surface area contributed by atoms with E-state index in [9.17, 15) is 9.59 Å². The maximum atomic E-state index is 12.2. The first-order valence-corrected chi connectivity index (χ1v) is 8.19. The molecule has 0 bridgehead atoms. The van der Waals surface area contributed by atoms with Crippen LogP contribution in [0, 0.1) is 0 Å². The van der Waals surface area contributed by atoms with Crippen molar-refractivity contribution in [1.82, 2.24) is 0 Å². The molecule has 1 atom stereocenters. The molecule has 5 nitrogen and oxygen atoms in total. The predicted octanol–water partition coefficient (Wildman–Crippen LogP) is 1.23. The Bertz CT molecular complexity index is 551. The van der Waals surface area contributed by atoms with Gasteiger partial charge >= 0.3 is 5.97 Å². The number of esters is 1. The molecule has 0 spiro atoms. The fourth-order valence-corrected chi connectivity index (χ4v) is 3.99. The van der Waals surface area contributed by atoms with E-state index in [0.717, 1.165) is 25.1 Å². The van der Waals surface area contributed by atoms with E-state index in [0.29, 0.717) is 23.2 Å². The van der Waals surface area contributed by atoms with Crippen molar-refractivity contribution in [1.29, 1.82) is 0 Å². The second-order valence-electron chi connectivity index (χ2n) is 5.60. The lowest BCUT2D eigenvalue weighted by Gasteiger charge is -2.27. The van der Waals surface area contributed by atoms with Gasteiger partial charge in [-0.3, -0.25) is 4.79 Å². The molecule has 2 N–H and O–H groups in total. The Morgan fingerprint density at radius 2 is 2.14 bits per heavy atom. The average Bonchev–Trinajstić information content (AvgIpc) is 2.74. The Hall–Kier alpha value is -1.40. The molecule has 116 valence electrons. The van der Waals surface area contributed by atoms with Gasteiger partial charge < -0.3 is 15.0 Å². The van der Waals surface area contributed by atoms with E-state index < -0.39 is 0 Å². The monoisotopic (exact) mass is 311 g/mol. The van der Waals surface area contributed by atoms with Crippen molar-refractivity contribution in [3.05, 3.63) is 16.0 Å². The lowest BCUT2D eigenvalue weighted by atomic mass is 10.0. The summed E-state index contributed by atoms with van der Waals surface area (Å²) in [6.07, 6.45) is 0.854. The first-order valence-electron chi connectivity index (χ1n) is 7.37. The van der Waals surface area contributed by atoms with Gasteiger partial charge in [0.05, 0.1) is 29.6 Å². The van der Waals surface area contributed by atoms with E-state index in [2.05, 4.69) is 19.2 Å². The van der Waals surface area contributed by atoms with Gasteiger partial charge in [-0.1, -0.05) is 0 Å². The number of carbonyl (C=O) groups is 2. The number of hydrogen-bond donors (Lipinski definition) is 2. The number of carbonyl (C=O) groups excluding carboxylic acids is 2. The minimum Gasteiger partial charge on any atom is -0.462 e. The van der Waals surface area contributed by atoms with Crippen LogP contribution in [0.25, 0.3) is 0 Å². The van der Waals surface area contributed by atoms with Crippen molar-refractivity contribution in [3.8, 4) is 0 Å². The number of anilines is 1. The largest absolute Gasteiger partial charge is 0.462 e. The Balaban J connectivity index is 2.38. The first kappa shape index (κ1) is 16.0. The predicted molar refractivity (Wildman–Crippen MR) is 83.0 cm³/mol. The molecule has 21 heavy (non-hydrogen) atoms. The van der Waals surface area contributed by atoms with Crippen LogP contribution >= 0.6 is 11.3 Å². The number of thiophene rings is 1. The molecule has 2 heterocycles. The van der Waals surface area contributed by atoms with Crippen LogP contribution in [0.5, 0.6) is 0 Å². The van der Waals surface area contributed by atoms with E-state index in [-0.39, 0.29) is 11.9 Å². The number of ether oxygens (including phenoxy) is 1. The molecule has 0 radical (unpaired) electrons. The summed E-state index contributed by atoms with van der Waals surface area (Å²) < 4.78 is 5.16. The molecule has 0 fully saturated rings. The van der Waals surface area contributed by atoms with Crippen LogP contribution in [-0.4, -0.2) is 31.1 Å². The van der Waals surface area contributed by atoms with Crippen LogP contribution in [0.4, 0.5) is 5.00 Å². The zero-order valence-electron chi connectivity index (χ0n) is 13.0. The highest BCUT2D eigenvalue weighted by atomic mass is 32.1. The molecule has 1 aliphatic heterocycles. The van der Waals surface area contributed by atoms with Gasteiger partial charge in [-0.2, -0.15) is 0 Å². The highest BCUT2D eigenvalue weighted by molar-refractivity contribution is 7.16. The standard InChI is InChI=1S/C15H22N2O3S/c1-5-20-15(19)13-11-6-7-17(9(2)3)8-12(11)21-14(13)16-10(4)18/h9H,5-8H2,1-4H3,(H,16,18)/p+1. The topological polar surface area (TPSA) is 59.8 Å². The lowest BCUT2D eigenvalue weighted by molar-refractivity contribution is -0.936. The molecule has 0 saturated carbocycles. The summed E-state index contributed by atoms with van der Waals surface area (Å²) in [5.41, 5.74) is 1.63. The number of fused-ring (bicyclic) bond motifs is 1. The van der Waals surface area contributed by atoms with Crippen molar-refractivity contribution >= 4 is 28.2 Å². The Labute approximate surface area is 129 Å². The molecule has 6 heteroatoms. The number of nitrogens with one attached hydrogen (secondary N) is 2. The lowest BCUT2D eigenvalue weighted by Crippen LogP contribution is -3.14. The summed E-state index contributed by atoms with van der Waals surface area (Å²) in [5, 5.41) is 3.42. The van der Waals surface area contributed by atoms with E-state index in [1.807, 2.05) is 0 Å². The highest BCUT2D eigenvalue weighted by Crippen LogP contribution is 2.35. The van der Waals surface area contributed by atoms with Gasteiger partial charge in [-0.25, -0.2) is 4.79 Å². The minimum absolute atomic E-state index is 0.160. The molecule has 1 aromatic heterocycles. The van der Waals surface area contributed by atoms with Crippen LogP contribution in [0.15, 0.2) is 0 Å².